The molecule has 0 heterocycles. The van der Waals surface area contributed by atoms with E-state index >= 15 is 0 Å². The van der Waals surface area contributed by atoms with E-state index in [1.54, 1.807) is 0 Å². The standard InChI is InChI=1S/C19H29NOS/c1-4-20(5-2)18-12-11-16(13-15(18)3)19(21)14-22-17-9-7-6-8-10-17/h11-13,17H,4-10,14H2,1-3H3. The van der Waals surface area contributed by atoms with Gasteiger partial charge in [-0.1, -0.05) is 19.3 Å². The lowest BCUT2D eigenvalue weighted by molar-refractivity contribution is 0.102. The third-order valence-electron chi connectivity index (χ3n) is 4.63. The zero-order chi connectivity index (χ0) is 15.9. The van der Waals surface area contributed by atoms with Crippen molar-refractivity contribution >= 4 is 23.2 Å². The molecule has 122 valence electrons. The van der Waals surface area contributed by atoms with Gasteiger partial charge in [-0.3, -0.25) is 4.79 Å². The van der Waals surface area contributed by atoms with Crippen LogP contribution in [-0.2, 0) is 0 Å². The summed E-state index contributed by atoms with van der Waals surface area (Å²) in [6.07, 6.45) is 6.62. The monoisotopic (exact) mass is 319 g/mol. The van der Waals surface area contributed by atoms with Gasteiger partial charge in [-0.15, -0.1) is 0 Å². The number of carbonyl (C=O) groups excluding carboxylic acids is 1. The van der Waals surface area contributed by atoms with Gasteiger partial charge in [0.1, 0.15) is 0 Å². The van der Waals surface area contributed by atoms with Crippen LogP contribution < -0.4 is 4.90 Å². The van der Waals surface area contributed by atoms with Crippen LogP contribution >= 0.6 is 11.8 Å². The Morgan fingerprint density at radius 3 is 2.45 bits per heavy atom. The third kappa shape index (κ3) is 4.52. The molecule has 0 bridgehead atoms. The molecule has 0 aliphatic heterocycles. The van der Waals surface area contributed by atoms with Crippen molar-refractivity contribution in [3.05, 3.63) is 29.3 Å². The van der Waals surface area contributed by atoms with Gasteiger partial charge in [-0.25, -0.2) is 0 Å². The number of ketones is 1. The van der Waals surface area contributed by atoms with Gasteiger partial charge in [0, 0.05) is 29.6 Å². The maximum atomic E-state index is 12.4. The molecule has 2 rings (SSSR count). The summed E-state index contributed by atoms with van der Waals surface area (Å²) in [5, 5.41) is 0.703. The first-order chi connectivity index (χ1) is 10.7. The lowest BCUT2D eigenvalue weighted by Crippen LogP contribution is -2.22. The minimum Gasteiger partial charge on any atom is -0.372 e. The van der Waals surface area contributed by atoms with Crippen LogP contribution in [-0.4, -0.2) is 29.9 Å². The molecule has 2 nitrogen and oxygen atoms in total. The second-order valence-corrected chi connectivity index (χ2v) is 7.46. The van der Waals surface area contributed by atoms with Crippen LogP contribution in [0.1, 0.15) is 61.9 Å². The van der Waals surface area contributed by atoms with E-state index in [9.17, 15) is 4.79 Å². The Hall–Kier alpha value is -0.960. The quantitative estimate of drug-likeness (QED) is 0.653. The number of rotatable bonds is 7. The third-order valence-corrected chi connectivity index (χ3v) is 6.00. The fraction of sp³-hybridized carbons (Fsp3) is 0.632. The first kappa shape index (κ1) is 17.4. The van der Waals surface area contributed by atoms with Crippen molar-refractivity contribution in [2.24, 2.45) is 0 Å². The number of nitrogens with zero attached hydrogens (tertiary/aromatic N) is 1. The minimum atomic E-state index is 0.282. The van der Waals surface area contributed by atoms with Gasteiger partial charge in [-0.2, -0.15) is 11.8 Å². The lowest BCUT2D eigenvalue weighted by atomic mass is 10.0. The van der Waals surface area contributed by atoms with E-state index < -0.39 is 0 Å². The van der Waals surface area contributed by atoms with Crippen LogP contribution in [0.15, 0.2) is 18.2 Å². The van der Waals surface area contributed by atoms with Gasteiger partial charge >= 0.3 is 0 Å². The molecule has 0 atom stereocenters. The summed E-state index contributed by atoms with van der Waals surface area (Å²) in [6, 6.07) is 6.18. The normalized spacial score (nSPS) is 15.8. The first-order valence-electron chi connectivity index (χ1n) is 8.66. The molecule has 0 unspecified atom stereocenters. The molecular weight excluding hydrogens is 290 g/mol. The Labute approximate surface area is 139 Å². The van der Waals surface area contributed by atoms with Crippen molar-refractivity contribution in [2.75, 3.05) is 23.7 Å². The number of Topliss-reactive ketones (excluding diaryl/α,β-unsaturated/α-hetero) is 1. The second kappa shape index (κ2) is 8.61. The number of carbonyl (C=O) groups is 1. The van der Waals surface area contributed by atoms with E-state index in [0.717, 1.165) is 18.7 Å². The van der Waals surface area contributed by atoms with Gasteiger partial charge in [-0.05, 0) is 57.4 Å². The molecule has 0 spiro atoms. The van der Waals surface area contributed by atoms with Gasteiger partial charge < -0.3 is 4.90 Å². The van der Waals surface area contributed by atoms with Crippen molar-refractivity contribution in [1.29, 1.82) is 0 Å². The molecule has 3 heteroatoms. The molecular formula is C19H29NOS. The summed E-state index contributed by atoms with van der Waals surface area (Å²) in [7, 11) is 0. The highest BCUT2D eigenvalue weighted by Crippen LogP contribution is 2.29. The predicted molar refractivity (Wildman–Crippen MR) is 98.4 cm³/mol. The van der Waals surface area contributed by atoms with Gasteiger partial charge in [0.25, 0.3) is 0 Å². The Balaban J connectivity index is 1.96. The summed E-state index contributed by atoms with van der Waals surface area (Å²) in [4.78, 5) is 14.8. The number of aryl methyl sites for hydroxylation is 1. The Morgan fingerprint density at radius 2 is 1.86 bits per heavy atom. The number of thioether (sulfide) groups is 1. The van der Waals surface area contributed by atoms with Crippen molar-refractivity contribution in [2.45, 2.75) is 58.1 Å². The van der Waals surface area contributed by atoms with Crippen molar-refractivity contribution < 1.29 is 4.79 Å². The molecule has 1 saturated carbocycles. The fourth-order valence-electron chi connectivity index (χ4n) is 3.26. The van der Waals surface area contributed by atoms with E-state index in [1.807, 2.05) is 17.8 Å². The smallest absolute Gasteiger partial charge is 0.172 e. The largest absolute Gasteiger partial charge is 0.372 e. The average Bonchev–Trinajstić information content (AvgIpc) is 2.56. The molecule has 1 aromatic rings. The number of hydrogen-bond acceptors (Lipinski definition) is 3. The van der Waals surface area contributed by atoms with Crippen molar-refractivity contribution in [3.63, 3.8) is 0 Å². The number of anilines is 1. The fourth-order valence-corrected chi connectivity index (χ4v) is 4.48. The maximum Gasteiger partial charge on any atom is 0.172 e. The summed E-state index contributed by atoms with van der Waals surface area (Å²) in [5.41, 5.74) is 3.33. The highest BCUT2D eigenvalue weighted by Gasteiger charge is 2.16. The van der Waals surface area contributed by atoms with Crippen LogP contribution in [0.2, 0.25) is 0 Å². The maximum absolute atomic E-state index is 12.4. The summed E-state index contributed by atoms with van der Waals surface area (Å²) >= 11 is 1.87. The second-order valence-electron chi connectivity index (χ2n) is 6.17. The van der Waals surface area contributed by atoms with Crippen LogP contribution in [0.25, 0.3) is 0 Å². The number of hydrogen-bond donors (Lipinski definition) is 0. The lowest BCUT2D eigenvalue weighted by Gasteiger charge is -2.23. The van der Waals surface area contributed by atoms with Gasteiger partial charge in [0.15, 0.2) is 5.78 Å². The molecule has 0 radical (unpaired) electrons. The van der Waals surface area contributed by atoms with E-state index in [4.69, 9.17) is 0 Å². The SMILES string of the molecule is CCN(CC)c1ccc(C(=O)CSC2CCCCC2)cc1C. The molecule has 22 heavy (non-hydrogen) atoms. The minimum absolute atomic E-state index is 0.282. The van der Waals surface area contributed by atoms with E-state index in [-0.39, 0.29) is 5.78 Å². The average molecular weight is 320 g/mol. The van der Waals surface area contributed by atoms with Crippen molar-refractivity contribution in [1.82, 2.24) is 0 Å². The van der Waals surface area contributed by atoms with Gasteiger partial charge in [0.05, 0.1) is 5.75 Å². The molecule has 0 N–H and O–H groups in total. The molecule has 0 amide bonds. The highest BCUT2D eigenvalue weighted by molar-refractivity contribution is 8.00. The summed E-state index contributed by atoms with van der Waals surface area (Å²) < 4.78 is 0. The Kier molecular flexibility index (Phi) is 6.81. The van der Waals surface area contributed by atoms with E-state index in [0.29, 0.717) is 11.0 Å². The van der Waals surface area contributed by atoms with Crippen LogP contribution in [0, 0.1) is 6.92 Å². The number of benzene rings is 1. The van der Waals surface area contributed by atoms with E-state index in [2.05, 4.69) is 37.8 Å². The Morgan fingerprint density at radius 1 is 1.18 bits per heavy atom. The van der Waals surface area contributed by atoms with Crippen LogP contribution in [0.3, 0.4) is 0 Å². The highest BCUT2D eigenvalue weighted by atomic mass is 32.2. The van der Waals surface area contributed by atoms with Crippen LogP contribution in [0.4, 0.5) is 5.69 Å². The summed E-state index contributed by atoms with van der Waals surface area (Å²) in [5.74, 6) is 0.916. The molecule has 0 aromatic heterocycles. The van der Waals surface area contributed by atoms with Crippen molar-refractivity contribution in [3.8, 4) is 0 Å². The topological polar surface area (TPSA) is 20.3 Å². The Bertz CT molecular complexity index is 490. The molecule has 0 saturated heterocycles. The zero-order valence-corrected chi connectivity index (χ0v) is 15.0. The van der Waals surface area contributed by atoms with Crippen LogP contribution in [0.5, 0.6) is 0 Å². The van der Waals surface area contributed by atoms with Gasteiger partial charge in [0.2, 0.25) is 0 Å². The molecule has 1 aliphatic carbocycles. The predicted octanol–water partition coefficient (Wildman–Crippen LogP) is 5.09. The first-order valence-corrected chi connectivity index (χ1v) is 9.71. The van der Waals surface area contributed by atoms with E-state index in [1.165, 1.54) is 43.4 Å². The summed E-state index contributed by atoms with van der Waals surface area (Å²) in [6.45, 7) is 8.45. The molecule has 1 aliphatic rings. The zero-order valence-electron chi connectivity index (χ0n) is 14.2. The molecule has 1 fully saturated rings. The molecule has 1 aromatic carbocycles.